The summed E-state index contributed by atoms with van der Waals surface area (Å²) in [6.45, 7) is 11.4. The number of unbranched alkanes of at least 4 members (excludes halogenated alkanes) is 1. The molecule has 1 aromatic carbocycles. The molecule has 1 saturated heterocycles. The Kier molecular flexibility index (Phi) is 10.2. The number of amides is 1. The number of rotatable bonds is 10. The highest BCUT2D eigenvalue weighted by Gasteiger charge is 2.13. The van der Waals surface area contributed by atoms with Crippen LogP contribution >= 0.6 is 11.6 Å². The van der Waals surface area contributed by atoms with Crippen LogP contribution in [0.2, 0.25) is 5.02 Å². The van der Waals surface area contributed by atoms with Gasteiger partial charge in [-0.15, -0.1) is 0 Å². The van der Waals surface area contributed by atoms with Crippen molar-refractivity contribution >= 4 is 23.1 Å². The van der Waals surface area contributed by atoms with Crippen molar-refractivity contribution in [1.82, 2.24) is 15.1 Å². The fraction of sp³-hybridized carbons (Fsp3) is 0.458. The van der Waals surface area contributed by atoms with Gasteiger partial charge in [0.1, 0.15) is 0 Å². The van der Waals surface area contributed by atoms with Gasteiger partial charge >= 0.3 is 0 Å². The van der Waals surface area contributed by atoms with Crippen LogP contribution in [0.25, 0.3) is 5.57 Å². The molecule has 1 aliphatic heterocycles. The zero-order valence-electron chi connectivity index (χ0n) is 17.7. The number of halogens is 1. The molecule has 1 aliphatic rings. The zero-order valence-corrected chi connectivity index (χ0v) is 18.5. The molecule has 0 bridgehead atoms. The number of nitrogens with zero attached hydrogens (tertiary/aromatic N) is 2. The molecule has 29 heavy (non-hydrogen) atoms. The van der Waals surface area contributed by atoms with E-state index >= 15 is 0 Å². The molecule has 1 atom stereocenters. The maximum absolute atomic E-state index is 12.2. The number of hydrogen-bond acceptors (Lipinski definition) is 3. The van der Waals surface area contributed by atoms with Crippen molar-refractivity contribution in [3.63, 3.8) is 0 Å². The monoisotopic (exact) mass is 415 g/mol. The topological polar surface area (TPSA) is 35.6 Å². The van der Waals surface area contributed by atoms with Crippen LogP contribution in [0.4, 0.5) is 0 Å². The Bertz CT molecular complexity index is 721. The fourth-order valence-electron chi connectivity index (χ4n) is 3.37. The van der Waals surface area contributed by atoms with Crippen LogP contribution in [0.1, 0.15) is 31.7 Å². The number of carbonyl (C=O) groups excluding carboxylic acids is 1. The molecule has 0 radical (unpaired) electrons. The van der Waals surface area contributed by atoms with Gasteiger partial charge in [-0.25, -0.2) is 0 Å². The Hall–Kier alpha value is -1.88. The largest absolute Gasteiger partial charge is 0.350 e. The number of carbonyl (C=O) groups is 1. The first-order chi connectivity index (χ1) is 14.0. The third-order valence-electron chi connectivity index (χ3n) is 5.16. The number of likely N-dealkylation sites (N-methyl/N-ethyl adjacent to an activating group) is 1. The molecule has 1 unspecified atom stereocenters. The van der Waals surface area contributed by atoms with Gasteiger partial charge in [-0.05, 0) is 45.0 Å². The van der Waals surface area contributed by atoms with E-state index in [4.69, 9.17) is 11.6 Å². The Morgan fingerprint density at radius 1 is 1.24 bits per heavy atom. The molecule has 2 rings (SSSR count). The van der Waals surface area contributed by atoms with Crippen molar-refractivity contribution in [3.8, 4) is 0 Å². The highest BCUT2D eigenvalue weighted by Crippen LogP contribution is 2.24. The molecule has 5 heteroatoms. The van der Waals surface area contributed by atoms with Crippen LogP contribution in [0.5, 0.6) is 0 Å². The van der Waals surface area contributed by atoms with Crippen LogP contribution < -0.4 is 5.32 Å². The summed E-state index contributed by atoms with van der Waals surface area (Å²) >= 11 is 6.30. The first-order valence-electron chi connectivity index (χ1n) is 10.5. The van der Waals surface area contributed by atoms with Crippen LogP contribution in [-0.2, 0) is 4.79 Å². The van der Waals surface area contributed by atoms with E-state index in [-0.39, 0.29) is 11.9 Å². The third kappa shape index (κ3) is 8.57. The number of nitrogens with one attached hydrogen (secondary N) is 1. The maximum Gasteiger partial charge on any atom is 0.220 e. The molecule has 1 heterocycles. The second-order valence-electron chi connectivity index (χ2n) is 7.65. The Morgan fingerprint density at radius 3 is 2.66 bits per heavy atom. The molecule has 158 valence electrons. The van der Waals surface area contributed by atoms with E-state index in [9.17, 15) is 4.79 Å². The Labute approximate surface area is 180 Å². The number of benzene rings is 1. The summed E-state index contributed by atoms with van der Waals surface area (Å²) in [4.78, 5) is 17.1. The van der Waals surface area contributed by atoms with Gasteiger partial charge in [-0.2, -0.15) is 0 Å². The van der Waals surface area contributed by atoms with Gasteiger partial charge in [0.25, 0.3) is 0 Å². The lowest BCUT2D eigenvalue weighted by molar-refractivity contribution is -0.121. The highest BCUT2D eigenvalue weighted by atomic mass is 35.5. The van der Waals surface area contributed by atoms with E-state index in [2.05, 4.69) is 28.7 Å². The van der Waals surface area contributed by atoms with Crippen LogP contribution in [-0.4, -0.2) is 61.5 Å². The molecular formula is C24H34ClN3O. The minimum absolute atomic E-state index is 0.0455. The smallest absolute Gasteiger partial charge is 0.220 e. The normalized spacial score (nSPS) is 17.4. The molecule has 1 aromatic rings. The molecule has 0 aromatic heterocycles. The van der Waals surface area contributed by atoms with Crippen LogP contribution in [0.15, 0.2) is 55.1 Å². The van der Waals surface area contributed by atoms with E-state index < -0.39 is 0 Å². The summed E-state index contributed by atoms with van der Waals surface area (Å²) in [6, 6.07) is 7.67. The summed E-state index contributed by atoms with van der Waals surface area (Å²) in [5.74, 6) is 0.104. The summed E-state index contributed by atoms with van der Waals surface area (Å²) in [5, 5.41) is 3.75. The lowest BCUT2D eigenvalue weighted by atomic mass is 10.0. The van der Waals surface area contributed by atoms with E-state index in [0.29, 0.717) is 11.4 Å². The fourth-order valence-corrected chi connectivity index (χ4v) is 3.62. The summed E-state index contributed by atoms with van der Waals surface area (Å²) < 4.78 is 0. The average molecular weight is 416 g/mol. The molecule has 0 spiro atoms. The molecule has 0 aliphatic carbocycles. The SMILES string of the molecule is C=C/C=C(\C=C/C(C)NC(=O)CCCCN1CCN(C)CC1)c1ccccc1Cl. The first-order valence-corrected chi connectivity index (χ1v) is 10.8. The van der Waals surface area contributed by atoms with Gasteiger partial charge in [0.05, 0.1) is 0 Å². The Balaban J connectivity index is 1.73. The van der Waals surface area contributed by atoms with Crippen molar-refractivity contribution < 1.29 is 4.79 Å². The second kappa shape index (κ2) is 12.6. The predicted octanol–water partition coefficient (Wildman–Crippen LogP) is 4.39. The Morgan fingerprint density at radius 2 is 1.97 bits per heavy atom. The number of piperazine rings is 1. The van der Waals surface area contributed by atoms with Crippen LogP contribution in [0, 0.1) is 0 Å². The van der Waals surface area contributed by atoms with E-state index in [1.807, 2.05) is 49.4 Å². The van der Waals surface area contributed by atoms with Crippen molar-refractivity contribution in [2.24, 2.45) is 0 Å². The van der Waals surface area contributed by atoms with Crippen LogP contribution in [0.3, 0.4) is 0 Å². The van der Waals surface area contributed by atoms with Crippen molar-refractivity contribution in [1.29, 1.82) is 0 Å². The number of allylic oxidation sites excluding steroid dienone is 4. The van der Waals surface area contributed by atoms with E-state index in [0.717, 1.165) is 56.7 Å². The lowest BCUT2D eigenvalue weighted by Gasteiger charge is -2.32. The molecule has 1 amide bonds. The van der Waals surface area contributed by atoms with E-state index in [1.165, 1.54) is 0 Å². The minimum atomic E-state index is -0.0455. The van der Waals surface area contributed by atoms with Crippen molar-refractivity contribution in [3.05, 3.63) is 65.7 Å². The molecular weight excluding hydrogens is 382 g/mol. The summed E-state index contributed by atoms with van der Waals surface area (Å²) in [7, 11) is 2.17. The predicted molar refractivity (Wildman–Crippen MR) is 124 cm³/mol. The van der Waals surface area contributed by atoms with Crippen molar-refractivity contribution in [2.45, 2.75) is 32.2 Å². The zero-order chi connectivity index (χ0) is 21.1. The van der Waals surface area contributed by atoms with Gasteiger partial charge in [-0.3, -0.25) is 4.79 Å². The van der Waals surface area contributed by atoms with Gasteiger partial charge < -0.3 is 15.1 Å². The van der Waals surface area contributed by atoms with Gasteiger partial charge in [-0.1, -0.05) is 60.7 Å². The van der Waals surface area contributed by atoms with Crippen molar-refractivity contribution in [2.75, 3.05) is 39.8 Å². The molecule has 1 N–H and O–H groups in total. The molecule has 4 nitrogen and oxygen atoms in total. The second-order valence-corrected chi connectivity index (χ2v) is 8.06. The molecule has 1 fully saturated rings. The summed E-state index contributed by atoms with van der Waals surface area (Å²) in [6.07, 6.45) is 10.2. The third-order valence-corrected chi connectivity index (χ3v) is 5.49. The first kappa shape index (κ1) is 23.4. The summed E-state index contributed by atoms with van der Waals surface area (Å²) in [5.41, 5.74) is 1.92. The molecule has 0 saturated carbocycles. The van der Waals surface area contributed by atoms with Gasteiger partial charge in [0.15, 0.2) is 0 Å². The highest BCUT2D eigenvalue weighted by molar-refractivity contribution is 6.32. The van der Waals surface area contributed by atoms with Gasteiger partial charge in [0, 0.05) is 49.2 Å². The average Bonchev–Trinajstić information content (AvgIpc) is 2.70. The minimum Gasteiger partial charge on any atom is -0.350 e. The number of hydrogen-bond donors (Lipinski definition) is 1. The lowest BCUT2D eigenvalue weighted by Crippen LogP contribution is -2.44. The quantitative estimate of drug-likeness (QED) is 0.454. The van der Waals surface area contributed by atoms with Gasteiger partial charge in [0.2, 0.25) is 5.91 Å². The van der Waals surface area contributed by atoms with E-state index in [1.54, 1.807) is 6.08 Å². The maximum atomic E-state index is 12.2. The standard InChI is InChI=1S/C24H34ClN3O/c1-4-9-21(22-10-5-6-11-23(22)25)14-13-20(2)26-24(29)12-7-8-15-28-18-16-27(3)17-19-28/h4-6,9-11,13-14,20H,1,7-8,12,15-19H2,2-3H3,(H,26,29)/b14-13-,21-9+.